The third-order valence-electron chi connectivity index (χ3n) is 2.90. The molecule has 2 aromatic carbocycles. The molecule has 94 valence electrons. The highest BCUT2D eigenvalue weighted by Crippen LogP contribution is 2.26. The Bertz CT molecular complexity index is 538. The van der Waals surface area contributed by atoms with Crippen molar-refractivity contribution >= 4 is 28.9 Å². The van der Waals surface area contributed by atoms with Crippen LogP contribution in [0.2, 0.25) is 10.0 Å². The summed E-state index contributed by atoms with van der Waals surface area (Å²) >= 11 is 12.1. The third kappa shape index (κ3) is 3.18. The van der Waals surface area contributed by atoms with Gasteiger partial charge in [-0.1, -0.05) is 54.4 Å². The molecule has 0 saturated carbocycles. The summed E-state index contributed by atoms with van der Waals surface area (Å²) in [6, 6.07) is 13.8. The molecule has 0 bridgehead atoms. The topological polar surface area (TPSA) is 12.0 Å². The molecular weight excluding hydrogens is 265 g/mol. The smallest absolute Gasteiger partial charge is 0.0638 e. The van der Waals surface area contributed by atoms with Crippen molar-refractivity contribution in [2.45, 2.75) is 19.9 Å². The van der Waals surface area contributed by atoms with Crippen molar-refractivity contribution < 1.29 is 0 Å². The van der Waals surface area contributed by atoms with Crippen molar-refractivity contribution in [2.24, 2.45) is 0 Å². The Morgan fingerprint density at radius 2 is 1.72 bits per heavy atom. The fourth-order valence-electron chi connectivity index (χ4n) is 1.90. The molecule has 18 heavy (non-hydrogen) atoms. The van der Waals surface area contributed by atoms with Gasteiger partial charge in [0.25, 0.3) is 0 Å². The first-order valence-electron chi connectivity index (χ1n) is 5.96. The van der Waals surface area contributed by atoms with Gasteiger partial charge in [0.1, 0.15) is 0 Å². The Labute approximate surface area is 118 Å². The van der Waals surface area contributed by atoms with Gasteiger partial charge in [0, 0.05) is 11.6 Å². The monoisotopic (exact) mass is 279 g/mol. The maximum atomic E-state index is 6.11. The lowest BCUT2D eigenvalue weighted by Crippen LogP contribution is -2.02. The van der Waals surface area contributed by atoms with Gasteiger partial charge in [-0.15, -0.1) is 0 Å². The summed E-state index contributed by atoms with van der Waals surface area (Å²) in [4.78, 5) is 0. The quantitative estimate of drug-likeness (QED) is 0.814. The van der Waals surface area contributed by atoms with Crippen LogP contribution in [0.4, 0.5) is 5.69 Å². The minimum absolute atomic E-state index is 0.686. The second-order valence-electron chi connectivity index (χ2n) is 4.10. The van der Waals surface area contributed by atoms with Crippen LogP contribution in [-0.4, -0.2) is 0 Å². The van der Waals surface area contributed by atoms with E-state index < -0.39 is 0 Å². The first-order chi connectivity index (χ1) is 8.70. The SMILES string of the molecule is CCc1ccccc1CNc1cc(Cl)ccc1Cl. The second kappa shape index (κ2) is 6.12. The zero-order valence-corrected chi connectivity index (χ0v) is 11.7. The number of benzene rings is 2. The molecule has 0 radical (unpaired) electrons. The van der Waals surface area contributed by atoms with Gasteiger partial charge in [0.2, 0.25) is 0 Å². The minimum Gasteiger partial charge on any atom is -0.380 e. The number of anilines is 1. The molecule has 1 N–H and O–H groups in total. The highest BCUT2D eigenvalue weighted by Gasteiger charge is 2.03. The summed E-state index contributed by atoms with van der Waals surface area (Å²) in [5.41, 5.74) is 3.51. The van der Waals surface area contributed by atoms with Gasteiger partial charge in [-0.3, -0.25) is 0 Å². The lowest BCUT2D eigenvalue weighted by atomic mass is 10.1. The van der Waals surface area contributed by atoms with Crippen molar-refractivity contribution in [2.75, 3.05) is 5.32 Å². The second-order valence-corrected chi connectivity index (χ2v) is 4.94. The molecule has 0 aliphatic rings. The van der Waals surface area contributed by atoms with E-state index in [0.717, 1.165) is 18.7 Å². The zero-order chi connectivity index (χ0) is 13.0. The Kier molecular flexibility index (Phi) is 4.51. The van der Waals surface area contributed by atoms with Gasteiger partial charge in [-0.25, -0.2) is 0 Å². The molecular formula is C15H15Cl2N. The van der Waals surface area contributed by atoms with E-state index >= 15 is 0 Å². The first kappa shape index (κ1) is 13.3. The van der Waals surface area contributed by atoms with Gasteiger partial charge < -0.3 is 5.32 Å². The Balaban J connectivity index is 2.14. The van der Waals surface area contributed by atoms with Crippen LogP contribution in [0.15, 0.2) is 42.5 Å². The van der Waals surface area contributed by atoms with Crippen LogP contribution in [0.25, 0.3) is 0 Å². The van der Waals surface area contributed by atoms with E-state index in [4.69, 9.17) is 23.2 Å². The summed E-state index contributed by atoms with van der Waals surface area (Å²) in [7, 11) is 0. The molecule has 0 heterocycles. The number of halogens is 2. The largest absolute Gasteiger partial charge is 0.380 e. The van der Waals surface area contributed by atoms with Crippen LogP contribution < -0.4 is 5.32 Å². The number of rotatable bonds is 4. The van der Waals surface area contributed by atoms with E-state index in [0.29, 0.717) is 10.0 Å². The van der Waals surface area contributed by atoms with E-state index in [1.807, 2.05) is 6.07 Å². The van der Waals surface area contributed by atoms with E-state index in [-0.39, 0.29) is 0 Å². The van der Waals surface area contributed by atoms with Crippen molar-refractivity contribution in [3.05, 3.63) is 63.6 Å². The minimum atomic E-state index is 0.686. The molecule has 0 aromatic heterocycles. The highest BCUT2D eigenvalue weighted by molar-refractivity contribution is 6.35. The number of hydrogen-bond donors (Lipinski definition) is 1. The van der Waals surface area contributed by atoms with Gasteiger partial charge in [-0.2, -0.15) is 0 Å². The standard InChI is InChI=1S/C15H15Cl2N/c1-2-11-5-3-4-6-12(11)10-18-15-9-13(16)7-8-14(15)17/h3-9,18H,2,10H2,1H3. The van der Waals surface area contributed by atoms with Crippen LogP contribution in [0.1, 0.15) is 18.1 Å². The summed E-state index contributed by atoms with van der Waals surface area (Å²) in [5, 5.41) is 4.70. The molecule has 2 rings (SSSR count). The molecule has 0 unspecified atom stereocenters. The van der Waals surface area contributed by atoms with Gasteiger partial charge in [-0.05, 0) is 35.7 Å². The van der Waals surface area contributed by atoms with E-state index in [9.17, 15) is 0 Å². The van der Waals surface area contributed by atoms with Gasteiger partial charge in [0.15, 0.2) is 0 Å². The van der Waals surface area contributed by atoms with Crippen LogP contribution in [-0.2, 0) is 13.0 Å². The molecule has 0 fully saturated rings. The number of hydrogen-bond acceptors (Lipinski definition) is 1. The van der Waals surface area contributed by atoms with Crippen molar-refractivity contribution in [3.8, 4) is 0 Å². The molecule has 2 aromatic rings. The molecule has 0 saturated heterocycles. The summed E-state index contributed by atoms with van der Waals surface area (Å²) in [6.45, 7) is 2.91. The molecule has 0 atom stereocenters. The van der Waals surface area contributed by atoms with Crippen molar-refractivity contribution in [3.63, 3.8) is 0 Å². The highest BCUT2D eigenvalue weighted by atomic mass is 35.5. The van der Waals surface area contributed by atoms with Crippen LogP contribution >= 0.6 is 23.2 Å². The van der Waals surface area contributed by atoms with E-state index in [2.05, 4.69) is 36.5 Å². The fourth-order valence-corrected chi connectivity index (χ4v) is 2.25. The maximum absolute atomic E-state index is 6.11. The lowest BCUT2D eigenvalue weighted by Gasteiger charge is -2.11. The van der Waals surface area contributed by atoms with Crippen molar-refractivity contribution in [1.29, 1.82) is 0 Å². The summed E-state index contributed by atoms with van der Waals surface area (Å²) in [5.74, 6) is 0. The average Bonchev–Trinajstić information content (AvgIpc) is 2.40. The summed E-state index contributed by atoms with van der Waals surface area (Å²) in [6.07, 6.45) is 1.03. The van der Waals surface area contributed by atoms with Crippen LogP contribution in [0.5, 0.6) is 0 Å². The molecule has 0 amide bonds. The Morgan fingerprint density at radius 3 is 2.44 bits per heavy atom. The first-order valence-corrected chi connectivity index (χ1v) is 6.72. The zero-order valence-electron chi connectivity index (χ0n) is 10.2. The molecule has 3 heteroatoms. The van der Waals surface area contributed by atoms with Crippen molar-refractivity contribution in [1.82, 2.24) is 0 Å². The number of aryl methyl sites for hydroxylation is 1. The number of nitrogens with one attached hydrogen (secondary N) is 1. The average molecular weight is 280 g/mol. The Morgan fingerprint density at radius 1 is 1.00 bits per heavy atom. The van der Waals surface area contributed by atoms with Crippen LogP contribution in [0.3, 0.4) is 0 Å². The maximum Gasteiger partial charge on any atom is 0.0638 e. The fraction of sp³-hybridized carbons (Fsp3) is 0.200. The van der Waals surface area contributed by atoms with Crippen LogP contribution in [0, 0.1) is 0 Å². The molecule has 0 spiro atoms. The van der Waals surface area contributed by atoms with E-state index in [1.54, 1.807) is 12.1 Å². The normalized spacial score (nSPS) is 10.4. The van der Waals surface area contributed by atoms with E-state index in [1.165, 1.54) is 11.1 Å². The predicted molar refractivity (Wildman–Crippen MR) is 79.6 cm³/mol. The predicted octanol–water partition coefficient (Wildman–Crippen LogP) is 5.17. The third-order valence-corrected chi connectivity index (χ3v) is 3.46. The van der Waals surface area contributed by atoms with Gasteiger partial charge >= 0.3 is 0 Å². The van der Waals surface area contributed by atoms with Gasteiger partial charge in [0.05, 0.1) is 10.7 Å². The molecule has 0 aliphatic heterocycles. The molecule has 0 aliphatic carbocycles. The Hall–Kier alpha value is -1.18. The lowest BCUT2D eigenvalue weighted by molar-refractivity contribution is 1.04. The molecule has 1 nitrogen and oxygen atoms in total. The summed E-state index contributed by atoms with van der Waals surface area (Å²) < 4.78 is 0.